The Balaban J connectivity index is 1.97. The first-order valence-corrected chi connectivity index (χ1v) is 7.46. The number of hydrogen-bond donors (Lipinski definition) is 1. The molecule has 1 heterocycles. The Bertz CT molecular complexity index is 592. The second kappa shape index (κ2) is 4.40. The molecule has 2 N–H and O–H groups in total. The molecule has 18 heavy (non-hydrogen) atoms. The molecular formula is C13H12BrFN2S. The summed E-state index contributed by atoms with van der Waals surface area (Å²) in [5.41, 5.74) is 7.79. The highest BCUT2D eigenvalue weighted by molar-refractivity contribution is 9.10. The van der Waals surface area contributed by atoms with Gasteiger partial charge >= 0.3 is 0 Å². The zero-order valence-electron chi connectivity index (χ0n) is 9.62. The number of aromatic nitrogens is 1. The molecule has 0 spiro atoms. The molecule has 1 saturated carbocycles. The smallest absolute Gasteiger partial charge is 0.124 e. The lowest BCUT2D eigenvalue weighted by Crippen LogP contribution is -2.43. The highest BCUT2D eigenvalue weighted by Gasteiger charge is 2.37. The van der Waals surface area contributed by atoms with Crippen molar-refractivity contribution in [2.75, 3.05) is 0 Å². The molecule has 5 heteroatoms. The summed E-state index contributed by atoms with van der Waals surface area (Å²) in [6, 6.07) is 4.64. The highest BCUT2D eigenvalue weighted by Crippen LogP contribution is 2.41. The maximum atomic E-state index is 13.1. The maximum absolute atomic E-state index is 13.1. The molecule has 2 nitrogen and oxygen atoms in total. The maximum Gasteiger partial charge on any atom is 0.124 e. The predicted octanol–water partition coefficient (Wildman–Crippen LogP) is 4.05. The molecule has 0 atom stereocenters. The molecule has 3 rings (SSSR count). The average Bonchev–Trinajstić information content (AvgIpc) is 2.75. The zero-order valence-corrected chi connectivity index (χ0v) is 12.0. The van der Waals surface area contributed by atoms with Gasteiger partial charge in [-0.2, -0.15) is 0 Å². The van der Waals surface area contributed by atoms with Gasteiger partial charge in [-0.1, -0.05) is 0 Å². The first kappa shape index (κ1) is 12.3. The van der Waals surface area contributed by atoms with Crippen molar-refractivity contribution in [1.82, 2.24) is 4.98 Å². The molecule has 1 aliphatic rings. The van der Waals surface area contributed by atoms with Crippen molar-refractivity contribution in [1.29, 1.82) is 0 Å². The Morgan fingerprint density at radius 2 is 2.17 bits per heavy atom. The molecule has 0 radical (unpaired) electrons. The van der Waals surface area contributed by atoms with Crippen LogP contribution >= 0.6 is 27.3 Å². The van der Waals surface area contributed by atoms with Gasteiger partial charge in [0.05, 0.1) is 11.2 Å². The van der Waals surface area contributed by atoms with Gasteiger partial charge in [0.1, 0.15) is 10.8 Å². The Labute approximate surface area is 117 Å². The fourth-order valence-corrected chi connectivity index (χ4v) is 3.64. The van der Waals surface area contributed by atoms with E-state index in [1.807, 2.05) is 5.38 Å². The summed E-state index contributed by atoms with van der Waals surface area (Å²) in [7, 11) is 0. The second-order valence-corrected chi connectivity index (χ2v) is 6.38. The van der Waals surface area contributed by atoms with Crippen LogP contribution in [0.25, 0.3) is 11.3 Å². The average molecular weight is 327 g/mol. The van der Waals surface area contributed by atoms with Crippen LogP contribution in [0.3, 0.4) is 0 Å². The molecule has 1 aromatic carbocycles. The van der Waals surface area contributed by atoms with Gasteiger partial charge in [-0.05, 0) is 53.4 Å². The van der Waals surface area contributed by atoms with E-state index in [2.05, 4.69) is 20.9 Å². The minimum absolute atomic E-state index is 0.227. The van der Waals surface area contributed by atoms with Crippen molar-refractivity contribution in [3.63, 3.8) is 0 Å². The van der Waals surface area contributed by atoms with Crippen molar-refractivity contribution in [3.05, 3.63) is 38.9 Å². The Morgan fingerprint density at radius 3 is 2.78 bits per heavy atom. The lowest BCUT2D eigenvalue weighted by Gasteiger charge is -2.35. The number of nitrogens with two attached hydrogens (primary N) is 1. The summed E-state index contributed by atoms with van der Waals surface area (Å²) in [5.74, 6) is -0.254. The van der Waals surface area contributed by atoms with Crippen LogP contribution in [0.15, 0.2) is 28.1 Å². The van der Waals surface area contributed by atoms with Gasteiger partial charge in [-0.3, -0.25) is 0 Å². The van der Waals surface area contributed by atoms with E-state index < -0.39 is 0 Å². The van der Waals surface area contributed by atoms with Crippen LogP contribution in [0, 0.1) is 5.82 Å². The van der Waals surface area contributed by atoms with Crippen molar-refractivity contribution < 1.29 is 4.39 Å². The summed E-state index contributed by atoms with van der Waals surface area (Å²) in [6.45, 7) is 0. The van der Waals surface area contributed by atoms with Crippen molar-refractivity contribution in [2.24, 2.45) is 5.73 Å². The van der Waals surface area contributed by atoms with Crippen molar-refractivity contribution in [2.45, 2.75) is 24.8 Å². The standard InChI is InChI=1S/C13H12BrFN2S/c14-10-6-8(15)2-3-9(10)11-7-18-12(17-11)13(16)4-1-5-13/h2-3,6-7H,1,4-5,16H2. The summed E-state index contributed by atoms with van der Waals surface area (Å²) in [4.78, 5) is 4.61. The van der Waals surface area contributed by atoms with E-state index in [1.165, 1.54) is 18.6 Å². The molecule has 94 valence electrons. The number of benzene rings is 1. The van der Waals surface area contributed by atoms with Crippen LogP contribution in [-0.4, -0.2) is 4.98 Å². The van der Waals surface area contributed by atoms with Crippen LogP contribution in [0.2, 0.25) is 0 Å². The Hall–Kier alpha value is -0.780. The third-order valence-corrected chi connectivity index (χ3v) is 5.10. The van der Waals surface area contributed by atoms with Crippen LogP contribution < -0.4 is 5.73 Å². The number of rotatable bonds is 2. The SMILES string of the molecule is NC1(c2nc(-c3ccc(F)cc3Br)cs2)CCC1. The Morgan fingerprint density at radius 1 is 1.39 bits per heavy atom. The van der Waals surface area contributed by atoms with Crippen LogP contribution in [0.5, 0.6) is 0 Å². The fourth-order valence-electron chi connectivity index (χ4n) is 2.09. The highest BCUT2D eigenvalue weighted by atomic mass is 79.9. The van der Waals surface area contributed by atoms with Gasteiger partial charge in [0.15, 0.2) is 0 Å². The van der Waals surface area contributed by atoms with E-state index in [0.717, 1.165) is 33.6 Å². The second-order valence-electron chi connectivity index (χ2n) is 4.67. The number of thiazole rings is 1. The van der Waals surface area contributed by atoms with Crippen molar-refractivity contribution in [3.8, 4) is 11.3 Å². The monoisotopic (exact) mass is 326 g/mol. The quantitative estimate of drug-likeness (QED) is 0.904. The molecule has 1 aliphatic carbocycles. The molecule has 0 unspecified atom stereocenters. The first-order chi connectivity index (χ1) is 8.58. The number of halogens is 2. The van der Waals surface area contributed by atoms with Crippen molar-refractivity contribution >= 4 is 27.3 Å². The fraction of sp³-hybridized carbons (Fsp3) is 0.308. The van der Waals surface area contributed by atoms with Crippen LogP contribution in [-0.2, 0) is 5.54 Å². The summed E-state index contributed by atoms with van der Waals surface area (Å²) in [6.07, 6.45) is 3.18. The normalized spacial score (nSPS) is 17.5. The summed E-state index contributed by atoms with van der Waals surface area (Å²) >= 11 is 4.96. The van der Waals surface area contributed by atoms with E-state index in [0.29, 0.717) is 0 Å². The van der Waals surface area contributed by atoms with Gasteiger partial charge in [-0.25, -0.2) is 9.37 Å². The zero-order chi connectivity index (χ0) is 12.8. The molecule has 1 fully saturated rings. The van der Waals surface area contributed by atoms with Gasteiger partial charge in [0.2, 0.25) is 0 Å². The van der Waals surface area contributed by atoms with Gasteiger partial charge in [0.25, 0.3) is 0 Å². The van der Waals surface area contributed by atoms with Gasteiger partial charge in [-0.15, -0.1) is 11.3 Å². The molecule has 1 aromatic heterocycles. The third-order valence-electron chi connectivity index (χ3n) is 3.38. The van der Waals surface area contributed by atoms with E-state index >= 15 is 0 Å². The predicted molar refractivity (Wildman–Crippen MR) is 74.9 cm³/mol. The van der Waals surface area contributed by atoms with E-state index in [4.69, 9.17) is 5.73 Å². The molecule has 0 saturated heterocycles. The molecule has 0 amide bonds. The largest absolute Gasteiger partial charge is 0.319 e. The van der Waals surface area contributed by atoms with Crippen LogP contribution in [0.1, 0.15) is 24.3 Å². The third kappa shape index (κ3) is 2.00. The number of nitrogens with zero attached hydrogens (tertiary/aromatic N) is 1. The van der Waals surface area contributed by atoms with Gasteiger partial charge in [0, 0.05) is 15.4 Å². The summed E-state index contributed by atoms with van der Waals surface area (Å²) < 4.78 is 13.8. The van der Waals surface area contributed by atoms with E-state index in [1.54, 1.807) is 17.4 Å². The molecule has 0 aliphatic heterocycles. The van der Waals surface area contributed by atoms with Crippen LogP contribution in [0.4, 0.5) is 4.39 Å². The van der Waals surface area contributed by atoms with E-state index in [-0.39, 0.29) is 11.4 Å². The molecular weight excluding hydrogens is 315 g/mol. The molecule has 2 aromatic rings. The number of hydrogen-bond acceptors (Lipinski definition) is 3. The minimum atomic E-state index is -0.254. The lowest BCUT2D eigenvalue weighted by molar-refractivity contribution is 0.253. The van der Waals surface area contributed by atoms with E-state index in [9.17, 15) is 4.39 Å². The topological polar surface area (TPSA) is 38.9 Å². The lowest BCUT2D eigenvalue weighted by atomic mass is 9.78. The summed E-state index contributed by atoms with van der Waals surface area (Å²) in [5, 5.41) is 2.97. The van der Waals surface area contributed by atoms with Gasteiger partial charge < -0.3 is 5.73 Å². The first-order valence-electron chi connectivity index (χ1n) is 5.79. The Kier molecular flexibility index (Phi) is 3.00. The minimum Gasteiger partial charge on any atom is -0.319 e. The molecule has 0 bridgehead atoms.